The van der Waals surface area contributed by atoms with E-state index in [0.29, 0.717) is 28.8 Å². The van der Waals surface area contributed by atoms with Gasteiger partial charge >= 0.3 is 0 Å². The van der Waals surface area contributed by atoms with Gasteiger partial charge in [-0.15, -0.1) is 0 Å². The molecular formula is C13H14Cl2O. The van der Waals surface area contributed by atoms with Crippen LogP contribution in [0.1, 0.15) is 31.2 Å². The molecule has 0 spiro atoms. The molecule has 1 fully saturated rings. The molecule has 0 saturated heterocycles. The van der Waals surface area contributed by atoms with Gasteiger partial charge in [0.05, 0.1) is 0 Å². The highest BCUT2D eigenvalue weighted by Gasteiger charge is 2.21. The Morgan fingerprint density at radius 1 is 1.25 bits per heavy atom. The molecule has 0 atom stereocenters. The summed E-state index contributed by atoms with van der Waals surface area (Å²) in [5.41, 5.74) is 0.773. The normalized spacial score (nSPS) is 15.9. The van der Waals surface area contributed by atoms with Gasteiger partial charge in [-0.1, -0.05) is 48.5 Å². The number of rotatable bonds is 4. The lowest BCUT2D eigenvalue weighted by atomic mass is 9.81. The third kappa shape index (κ3) is 2.78. The fraction of sp³-hybridized carbons (Fsp3) is 0.462. The maximum Gasteiger partial charge on any atom is 0.137 e. The third-order valence-electron chi connectivity index (χ3n) is 3.18. The molecule has 1 aromatic rings. The molecule has 0 aliphatic heterocycles. The smallest absolute Gasteiger partial charge is 0.137 e. The van der Waals surface area contributed by atoms with Crippen LogP contribution in [0.25, 0.3) is 0 Å². The number of benzene rings is 1. The lowest BCUT2D eigenvalue weighted by Crippen LogP contribution is -2.17. The van der Waals surface area contributed by atoms with Crippen LogP contribution in [0.15, 0.2) is 18.2 Å². The molecule has 16 heavy (non-hydrogen) atoms. The molecule has 0 aromatic heterocycles. The third-order valence-corrected chi connectivity index (χ3v) is 3.88. The molecule has 1 aliphatic carbocycles. The van der Waals surface area contributed by atoms with Crippen molar-refractivity contribution in [1.82, 2.24) is 0 Å². The van der Waals surface area contributed by atoms with Gasteiger partial charge in [0.15, 0.2) is 0 Å². The molecule has 1 aliphatic rings. The lowest BCUT2D eigenvalue weighted by molar-refractivity contribution is -0.119. The van der Waals surface area contributed by atoms with Gasteiger partial charge in [-0.3, -0.25) is 4.79 Å². The topological polar surface area (TPSA) is 17.1 Å². The Hall–Kier alpha value is -0.530. The summed E-state index contributed by atoms with van der Waals surface area (Å²) in [5.74, 6) is 0.855. The number of hydrogen-bond donors (Lipinski definition) is 0. The molecule has 1 aromatic carbocycles. The van der Waals surface area contributed by atoms with Crippen molar-refractivity contribution in [2.75, 3.05) is 0 Å². The Balaban J connectivity index is 1.99. The van der Waals surface area contributed by atoms with Crippen molar-refractivity contribution in [3.05, 3.63) is 33.8 Å². The van der Waals surface area contributed by atoms with Crippen molar-refractivity contribution in [2.45, 2.75) is 32.1 Å². The molecule has 86 valence electrons. The van der Waals surface area contributed by atoms with E-state index in [-0.39, 0.29) is 5.78 Å². The Morgan fingerprint density at radius 3 is 2.38 bits per heavy atom. The van der Waals surface area contributed by atoms with E-state index in [2.05, 4.69) is 0 Å². The quantitative estimate of drug-likeness (QED) is 0.786. The van der Waals surface area contributed by atoms with Crippen LogP contribution in [0.5, 0.6) is 0 Å². The largest absolute Gasteiger partial charge is 0.299 e. The van der Waals surface area contributed by atoms with Gasteiger partial charge in [-0.2, -0.15) is 0 Å². The zero-order chi connectivity index (χ0) is 11.5. The molecule has 0 radical (unpaired) electrons. The van der Waals surface area contributed by atoms with Gasteiger partial charge in [0, 0.05) is 22.9 Å². The fourth-order valence-corrected chi connectivity index (χ4v) is 2.52. The first-order valence-corrected chi connectivity index (χ1v) is 6.37. The summed E-state index contributed by atoms with van der Waals surface area (Å²) in [6, 6.07) is 5.35. The predicted octanol–water partition coefficient (Wildman–Crippen LogP) is 4.30. The van der Waals surface area contributed by atoms with E-state index in [9.17, 15) is 4.79 Å². The first-order chi connectivity index (χ1) is 7.66. The minimum absolute atomic E-state index is 0.250. The summed E-state index contributed by atoms with van der Waals surface area (Å²) >= 11 is 12.0. The lowest BCUT2D eigenvalue weighted by Gasteiger charge is -2.24. The number of halogens is 2. The van der Waals surface area contributed by atoms with Crippen LogP contribution in [0.4, 0.5) is 0 Å². The van der Waals surface area contributed by atoms with Crippen molar-refractivity contribution in [3.8, 4) is 0 Å². The molecule has 3 heteroatoms. The van der Waals surface area contributed by atoms with Crippen LogP contribution in [-0.2, 0) is 11.2 Å². The van der Waals surface area contributed by atoms with Gasteiger partial charge < -0.3 is 0 Å². The Kier molecular flexibility index (Phi) is 3.88. The molecule has 1 nitrogen and oxygen atoms in total. The van der Waals surface area contributed by atoms with Gasteiger partial charge in [0.25, 0.3) is 0 Å². The zero-order valence-electron chi connectivity index (χ0n) is 9.01. The highest BCUT2D eigenvalue weighted by molar-refractivity contribution is 6.36. The summed E-state index contributed by atoms with van der Waals surface area (Å²) in [5, 5.41) is 1.18. The monoisotopic (exact) mass is 256 g/mol. The van der Waals surface area contributed by atoms with Crippen molar-refractivity contribution in [3.63, 3.8) is 0 Å². The zero-order valence-corrected chi connectivity index (χ0v) is 10.5. The molecule has 0 heterocycles. The standard InChI is InChI=1S/C13H14Cl2O/c14-12-5-2-6-13(15)11(12)8-10(16)7-9-3-1-4-9/h2,5-6,9H,1,3-4,7-8H2. The first kappa shape index (κ1) is 11.9. The number of hydrogen-bond acceptors (Lipinski definition) is 1. The first-order valence-electron chi connectivity index (χ1n) is 5.61. The fourth-order valence-electron chi connectivity index (χ4n) is 1.99. The molecule has 2 rings (SSSR count). The molecule has 0 bridgehead atoms. The average molecular weight is 257 g/mol. The molecule has 0 unspecified atom stereocenters. The molecule has 0 amide bonds. The van der Waals surface area contributed by atoms with E-state index in [4.69, 9.17) is 23.2 Å². The maximum absolute atomic E-state index is 11.8. The molecule has 1 saturated carbocycles. The minimum atomic E-state index is 0.250. The van der Waals surface area contributed by atoms with Crippen LogP contribution >= 0.6 is 23.2 Å². The number of Topliss-reactive ketones (excluding diaryl/α,β-unsaturated/α-hetero) is 1. The van der Waals surface area contributed by atoms with Crippen LogP contribution in [0, 0.1) is 5.92 Å². The van der Waals surface area contributed by atoms with Crippen molar-refractivity contribution >= 4 is 29.0 Å². The summed E-state index contributed by atoms with van der Waals surface area (Å²) < 4.78 is 0. The number of ketones is 1. The Bertz CT molecular complexity index is 377. The van der Waals surface area contributed by atoms with Gasteiger partial charge in [-0.25, -0.2) is 0 Å². The van der Waals surface area contributed by atoms with Gasteiger partial charge in [-0.05, 0) is 23.6 Å². The second-order valence-corrected chi connectivity index (χ2v) is 5.23. The van der Waals surface area contributed by atoms with E-state index in [1.807, 2.05) is 0 Å². The van der Waals surface area contributed by atoms with Crippen LogP contribution in [0.3, 0.4) is 0 Å². The van der Waals surface area contributed by atoms with Crippen LogP contribution in [0.2, 0.25) is 10.0 Å². The van der Waals surface area contributed by atoms with Crippen molar-refractivity contribution in [1.29, 1.82) is 0 Å². The number of carbonyl (C=O) groups is 1. The number of carbonyl (C=O) groups excluding carboxylic acids is 1. The van der Waals surface area contributed by atoms with E-state index < -0.39 is 0 Å². The average Bonchev–Trinajstić information content (AvgIpc) is 2.18. The predicted molar refractivity (Wildman–Crippen MR) is 67.1 cm³/mol. The van der Waals surface area contributed by atoms with E-state index in [1.165, 1.54) is 19.3 Å². The SMILES string of the molecule is O=C(Cc1c(Cl)cccc1Cl)CC1CCC1. The highest BCUT2D eigenvalue weighted by Crippen LogP contribution is 2.31. The van der Waals surface area contributed by atoms with Crippen LogP contribution < -0.4 is 0 Å². The second kappa shape index (κ2) is 5.20. The minimum Gasteiger partial charge on any atom is -0.299 e. The Morgan fingerprint density at radius 2 is 1.88 bits per heavy atom. The summed E-state index contributed by atoms with van der Waals surface area (Å²) in [6.07, 6.45) is 4.71. The highest BCUT2D eigenvalue weighted by atomic mass is 35.5. The van der Waals surface area contributed by atoms with E-state index in [0.717, 1.165) is 5.56 Å². The molecular weight excluding hydrogens is 243 g/mol. The molecule has 0 N–H and O–H groups in total. The van der Waals surface area contributed by atoms with E-state index in [1.54, 1.807) is 18.2 Å². The summed E-state index contributed by atoms with van der Waals surface area (Å²) in [7, 11) is 0. The van der Waals surface area contributed by atoms with Crippen molar-refractivity contribution < 1.29 is 4.79 Å². The van der Waals surface area contributed by atoms with Gasteiger partial charge in [0.2, 0.25) is 0 Å². The van der Waals surface area contributed by atoms with Crippen LogP contribution in [-0.4, -0.2) is 5.78 Å². The summed E-state index contributed by atoms with van der Waals surface area (Å²) in [4.78, 5) is 11.8. The van der Waals surface area contributed by atoms with Gasteiger partial charge in [0.1, 0.15) is 5.78 Å². The Labute approximate surface area is 106 Å². The summed E-state index contributed by atoms with van der Waals surface area (Å²) in [6.45, 7) is 0. The van der Waals surface area contributed by atoms with E-state index >= 15 is 0 Å². The maximum atomic E-state index is 11.8. The second-order valence-electron chi connectivity index (χ2n) is 4.42. The van der Waals surface area contributed by atoms with Crippen molar-refractivity contribution in [2.24, 2.45) is 5.92 Å².